The first-order valence-electron chi connectivity index (χ1n) is 11.7. The van der Waals surface area contributed by atoms with Crippen molar-refractivity contribution in [1.82, 2.24) is 0 Å². The van der Waals surface area contributed by atoms with E-state index in [1.165, 1.54) is 21.5 Å². The Hall–Kier alpha value is -1.45. The second kappa shape index (κ2) is 8.30. The largest absolute Gasteiger partial charge is 1.00 e. The standard InChI is InChI=1S/C30H26Si.2ClH.Hf/c1-19-17-23-15-13-21-9-5-7-11-25(21)27(23)29(19)31(3,4)30-20(2)18-24-16-14-22-10-6-8-12-26(22)28(24)30;;;/h5-18H,1-4H3;2*1H;/q;;;+2/p-2. The molecule has 0 saturated heterocycles. The topological polar surface area (TPSA) is 0 Å². The fraction of sp³-hybridized carbons (Fsp3) is 0.200. The van der Waals surface area contributed by atoms with E-state index in [1.807, 2.05) is 0 Å². The number of rotatable bonds is 0. The Morgan fingerprint density at radius 1 is 0.588 bits per heavy atom. The van der Waals surface area contributed by atoms with Crippen LogP contribution in [0.4, 0.5) is 0 Å². The summed E-state index contributed by atoms with van der Waals surface area (Å²) in [5.74, 6) is 0. The molecular formula is C30H26Cl2HfSi. The van der Waals surface area contributed by atoms with E-state index in [2.05, 4.69) is 99.7 Å². The average Bonchev–Trinajstić information content (AvgIpc) is 3.27. The van der Waals surface area contributed by atoms with Gasteiger partial charge >= 0.3 is 203 Å². The third-order valence-electron chi connectivity index (χ3n) is 8.28. The monoisotopic (exact) mass is 664 g/mol. The quantitative estimate of drug-likeness (QED) is 0.254. The van der Waals surface area contributed by atoms with Crippen molar-refractivity contribution in [3.05, 3.63) is 106 Å². The van der Waals surface area contributed by atoms with Crippen LogP contribution in [0.5, 0.6) is 0 Å². The summed E-state index contributed by atoms with van der Waals surface area (Å²) in [6.45, 7) is 10.3. The van der Waals surface area contributed by atoms with Gasteiger partial charge in [-0.25, -0.2) is 0 Å². The molecule has 2 aliphatic carbocycles. The molecule has 4 heteroatoms. The number of halogens is 2. The molecule has 0 nitrogen and oxygen atoms in total. The van der Waals surface area contributed by atoms with E-state index in [9.17, 15) is 0 Å². The maximum atomic E-state index is 2.64. The molecule has 2 atom stereocenters. The van der Waals surface area contributed by atoms with Crippen LogP contribution in [0.15, 0.2) is 83.9 Å². The number of fused-ring (bicyclic) bond motifs is 12. The fourth-order valence-electron chi connectivity index (χ4n) is 7.10. The average molecular weight is 664 g/mol. The zero-order chi connectivity index (χ0) is 21.8. The van der Waals surface area contributed by atoms with Gasteiger partial charge in [-0.3, -0.25) is 0 Å². The molecule has 4 bridgehead atoms. The van der Waals surface area contributed by atoms with Crippen molar-refractivity contribution in [2.24, 2.45) is 0 Å². The first-order valence-corrected chi connectivity index (χ1v) is 18.9. The van der Waals surface area contributed by atoms with Gasteiger partial charge in [-0.05, 0) is 0 Å². The molecule has 0 N–H and O–H groups in total. The summed E-state index contributed by atoms with van der Waals surface area (Å²) in [7, 11) is -1.92. The van der Waals surface area contributed by atoms with Gasteiger partial charge in [0.15, 0.2) is 0 Å². The third-order valence-corrected chi connectivity index (χ3v) is 19.8. The van der Waals surface area contributed by atoms with Crippen LogP contribution in [-0.4, -0.2) is 8.07 Å². The molecule has 4 aromatic carbocycles. The predicted molar refractivity (Wildman–Crippen MR) is 136 cm³/mol. The Morgan fingerprint density at radius 2 is 1.00 bits per heavy atom. The molecule has 3 aliphatic rings. The second-order valence-corrected chi connectivity index (χ2v) is 19.9. The van der Waals surface area contributed by atoms with Crippen LogP contribution in [0.3, 0.4) is 0 Å². The zero-order valence-electron chi connectivity index (χ0n) is 19.8. The second-order valence-electron chi connectivity index (χ2n) is 10.3. The molecule has 7 rings (SSSR count). The van der Waals surface area contributed by atoms with E-state index in [-0.39, 0.29) is 24.8 Å². The van der Waals surface area contributed by atoms with Crippen molar-refractivity contribution in [2.75, 3.05) is 0 Å². The number of benzene rings is 4. The minimum Gasteiger partial charge on any atom is -1.00 e. The van der Waals surface area contributed by atoms with Gasteiger partial charge in [-0.1, -0.05) is 0 Å². The molecule has 34 heavy (non-hydrogen) atoms. The van der Waals surface area contributed by atoms with Crippen LogP contribution in [0, 0.1) is 0 Å². The van der Waals surface area contributed by atoms with E-state index in [4.69, 9.17) is 0 Å². The SMILES string of the molecule is CC1=C2c3c(ccc4ccccc34)[CH]1[Hf+2][CH]1C(C)=C(c3c1ccc1ccccc31)[Si]2(C)C.[Cl-].[Cl-]. The first-order chi connectivity index (χ1) is 15.5. The first kappa shape index (κ1) is 24.3. The van der Waals surface area contributed by atoms with Crippen molar-refractivity contribution >= 4 is 40.0 Å². The van der Waals surface area contributed by atoms with Crippen LogP contribution in [0.1, 0.15) is 43.5 Å². The van der Waals surface area contributed by atoms with E-state index in [1.54, 1.807) is 43.8 Å². The van der Waals surface area contributed by atoms with Crippen molar-refractivity contribution in [3.8, 4) is 0 Å². The van der Waals surface area contributed by atoms with Crippen LogP contribution < -0.4 is 24.8 Å². The van der Waals surface area contributed by atoms with E-state index < -0.39 is 31.0 Å². The Balaban J connectivity index is 0.00000120. The Kier molecular flexibility index (Phi) is 5.92. The summed E-state index contributed by atoms with van der Waals surface area (Å²) in [6.07, 6.45) is 0. The van der Waals surface area contributed by atoms with Crippen LogP contribution in [-0.2, 0) is 22.9 Å². The van der Waals surface area contributed by atoms with Crippen molar-refractivity contribution in [2.45, 2.75) is 34.3 Å². The Bertz CT molecular complexity index is 1450. The van der Waals surface area contributed by atoms with Crippen molar-refractivity contribution in [3.63, 3.8) is 0 Å². The van der Waals surface area contributed by atoms with E-state index >= 15 is 0 Å². The number of hydrogen-bond acceptors (Lipinski definition) is 0. The normalized spacial score (nSPS) is 21.1. The molecule has 0 fully saturated rings. The molecule has 0 radical (unpaired) electrons. The summed E-state index contributed by atoms with van der Waals surface area (Å²) >= 11 is -1.07. The molecule has 168 valence electrons. The Morgan fingerprint density at radius 3 is 1.44 bits per heavy atom. The number of hydrogen-bond donors (Lipinski definition) is 0. The van der Waals surface area contributed by atoms with Crippen LogP contribution in [0.25, 0.3) is 31.9 Å². The van der Waals surface area contributed by atoms with Gasteiger partial charge < -0.3 is 24.8 Å². The molecule has 0 spiro atoms. The smallest absolute Gasteiger partial charge is 1.00 e. The van der Waals surface area contributed by atoms with E-state index in [0.29, 0.717) is 0 Å². The molecular weight excluding hydrogens is 638 g/mol. The summed E-state index contributed by atoms with van der Waals surface area (Å²) < 4.78 is 1.46. The molecule has 1 heterocycles. The zero-order valence-corrected chi connectivity index (χ0v) is 25.9. The van der Waals surface area contributed by atoms with Gasteiger partial charge in [0.25, 0.3) is 0 Å². The van der Waals surface area contributed by atoms with Gasteiger partial charge in [0.2, 0.25) is 0 Å². The minimum atomic E-state index is -1.92. The van der Waals surface area contributed by atoms with Crippen molar-refractivity contribution in [1.29, 1.82) is 0 Å². The van der Waals surface area contributed by atoms with Gasteiger partial charge in [-0.2, -0.15) is 0 Å². The minimum absolute atomic E-state index is 0. The Labute approximate surface area is 226 Å². The predicted octanol–water partition coefficient (Wildman–Crippen LogP) is 2.24. The molecule has 2 unspecified atom stereocenters. The number of allylic oxidation sites excluding steroid dienone is 2. The van der Waals surface area contributed by atoms with Gasteiger partial charge in [0.05, 0.1) is 0 Å². The third kappa shape index (κ3) is 2.98. The van der Waals surface area contributed by atoms with Crippen LogP contribution in [0.2, 0.25) is 13.1 Å². The summed E-state index contributed by atoms with van der Waals surface area (Å²) in [5.41, 5.74) is 10.1. The van der Waals surface area contributed by atoms with Gasteiger partial charge in [0, 0.05) is 0 Å². The van der Waals surface area contributed by atoms with Gasteiger partial charge in [0.1, 0.15) is 0 Å². The summed E-state index contributed by atoms with van der Waals surface area (Å²) in [4.78, 5) is 0. The fourth-order valence-corrected chi connectivity index (χ4v) is 19.5. The van der Waals surface area contributed by atoms with E-state index in [0.717, 1.165) is 7.35 Å². The molecule has 4 aromatic rings. The molecule has 0 saturated carbocycles. The summed E-state index contributed by atoms with van der Waals surface area (Å²) in [5, 5.41) is 9.29. The van der Waals surface area contributed by atoms with Crippen LogP contribution >= 0.6 is 0 Å². The molecule has 1 aliphatic heterocycles. The maximum Gasteiger partial charge on any atom is -1.00 e. The molecule has 0 aromatic heterocycles. The maximum absolute atomic E-state index is 2.64. The van der Waals surface area contributed by atoms with Crippen molar-refractivity contribution < 1.29 is 47.7 Å². The van der Waals surface area contributed by atoms with Gasteiger partial charge in [-0.15, -0.1) is 0 Å². The molecule has 0 amide bonds. The summed E-state index contributed by atoms with van der Waals surface area (Å²) in [6, 6.07) is 28.0.